The number of phosphoric acid groups is 1. The summed E-state index contributed by atoms with van der Waals surface area (Å²) in [5.74, 6) is -1.87. The van der Waals surface area contributed by atoms with Crippen LogP contribution < -0.4 is 4.52 Å². The van der Waals surface area contributed by atoms with Gasteiger partial charge in [0.05, 0.1) is 12.3 Å². The number of likely N-dealkylation sites (tertiary alicyclic amines) is 1. The number of amides is 1. The van der Waals surface area contributed by atoms with Crippen LogP contribution in [0.2, 0.25) is 0 Å². The molecule has 0 saturated carbocycles. The fraction of sp³-hybridized carbons (Fsp3) is 0.480. The Balaban J connectivity index is 1.94. The number of carbonyl (C=O) groups excluding carboxylic acids is 2. The second kappa shape index (κ2) is 13.4. The molecule has 1 fully saturated rings. The number of piperidine rings is 1. The molecule has 0 radical (unpaired) electrons. The maximum Gasteiger partial charge on any atom is 0.524 e. The van der Waals surface area contributed by atoms with Crippen molar-refractivity contribution in [3.05, 3.63) is 47.1 Å². The molecular formula is C25H33N2O9P. The molecule has 3 rings (SSSR count). The highest BCUT2D eigenvalue weighted by atomic mass is 31.2. The number of hydrogen-bond acceptors (Lipinski definition) is 8. The third kappa shape index (κ3) is 9.35. The third-order valence-electron chi connectivity index (χ3n) is 5.85. The maximum atomic E-state index is 12.8. The van der Waals surface area contributed by atoms with Crippen LogP contribution in [-0.4, -0.2) is 63.7 Å². The van der Waals surface area contributed by atoms with Crippen molar-refractivity contribution in [3.63, 3.8) is 0 Å². The number of carbonyl (C=O) groups is 2. The van der Waals surface area contributed by atoms with Crippen molar-refractivity contribution >= 4 is 25.4 Å². The highest BCUT2D eigenvalue weighted by Crippen LogP contribution is 2.40. The summed E-state index contributed by atoms with van der Waals surface area (Å²) < 4.78 is 21.3. The Morgan fingerprint density at radius 2 is 1.89 bits per heavy atom. The van der Waals surface area contributed by atoms with E-state index in [1.54, 1.807) is 11.0 Å². The summed E-state index contributed by atoms with van der Waals surface area (Å²) in [5, 5.41) is 14.7. The molecule has 1 aromatic rings. The van der Waals surface area contributed by atoms with Crippen molar-refractivity contribution in [2.24, 2.45) is 5.16 Å². The Kier molecular flexibility index (Phi) is 10.3. The van der Waals surface area contributed by atoms with Crippen LogP contribution in [0.4, 0.5) is 0 Å². The first-order valence-corrected chi connectivity index (χ1v) is 13.7. The van der Waals surface area contributed by atoms with E-state index in [-0.39, 0.29) is 42.4 Å². The van der Waals surface area contributed by atoms with Gasteiger partial charge in [-0.3, -0.25) is 14.6 Å². The summed E-state index contributed by atoms with van der Waals surface area (Å²) in [5.41, 5.74) is 1.28. The normalized spacial score (nSPS) is 21.2. The minimum absolute atomic E-state index is 0.0680. The number of benzene rings is 1. The third-order valence-corrected chi connectivity index (χ3v) is 6.30. The molecule has 12 heteroatoms. The van der Waals surface area contributed by atoms with E-state index in [1.165, 1.54) is 6.07 Å². The van der Waals surface area contributed by atoms with Gasteiger partial charge in [-0.05, 0) is 63.2 Å². The van der Waals surface area contributed by atoms with E-state index < -0.39 is 19.5 Å². The molecule has 0 atom stereocenters. The van der Waals surface area contributed by atoms with Gasteiger partial charge in [0, 0.05) is 25.6 Å². The highest BCUT2D eigenvalue weighted by molar-refractivity contribution is 7.46. The number of allylic oxidation sites excluding steroid dienone is 3. The van der Waals surface area contributed by atoms with E-state index >= 15 is 0 Å². The van der Waals surface area contributed by atoms with Crippen molar-refractivity contribution in [3.8, 4) is 11.5 Å². The molecule has 0 spiro atoms. The Labute approximate surface area is 215 Å². The topological polar surface area (TPSA) is 155 Å². The van der Waals surface area contributed by atoms with Crippen molar-refractivity contribution in [1.29, 1.82) is 0 Å². The molecular weight excluding hydrogens is 503 g/mol. The lowest BCUT2D eigenvalue weighted by Crippen LogP contribution is -2.37. The zero-order chi connectivity index (χ0) is 26.8. The van der Waals surface area contributed by atoms with Crippen LogP contribution in [0.15, 0.2) is 41.1 Å². The Bertz CT molecular complexity index is 1120. The van der Waals surface area contributed by atoms with Crippen molar-refractivity contribution in [2.75, 3.05) is 26.3 Å². The van der Waals surface area contributed by atoms with Gasteiger partial charge in [0.1, 0.15) is 17.1 Å². The lowest BCUT2D eigenvalue weighted by atomic mass is 9.98. The molecule has 0 aliphatic carbocycles. The number of oxime groups is 1. The molecule has 11 nitrogen and oxygen atoms in total. The number of ether oxygens (including phenoxy) is 1. The minimum atomic E-state index is -4.93. The summed E-state index contributed by atoms with van der Waals surface area (Å²) in [6.07, 6.45) is 10.5. The highest BCUT2D eigenvalue weighted by Gasteiger charge is 2.24. The van der Waals surface area contributed by atoms with E-state index in [4.69, 9.17) is 9.57 Å². The lowest BCUT2D eigenvalue weighted by molar-refractivity contribution is -0.137. The van der Waals surface area contributed by atoms with Crippen LogP contribution in [0.25, 0.3) is 0 Å². The average Bonchev–Trinajstić information content (AvgIpc) is 2.82. The molecule has 3 N–H and O–H groups in total. The molecule has 1 amide bonds. The number of phenols is 1. The van der Waals surface area contributed by atoms with Crippen molar-refractivity contribution in [1.82, 2.24) is 4.90 Å². The molecule has 2 aliphatic heterocycles. The summed E-state index contributed by atoms with van der Waals surface area (Å²) >= 11 is 0. The van der Waals surface area contributed by atoms with Crippen LogP contribution in [0.1, 0.15) is 61.4 Å². The van der Waals surface area contributed by atoms with E-state index in [0.717, 1.165) is 43.7 Å². The number of hydrogen-bond donors (Lipinski definition) is 3. The number of rotatable bonds is 5. The number of phenolic OH excluding ortho intramolecular Hbond substituents is 1. The van der Waals surface area contributed by atoms with Crippen LogP contribution in [0.3, 0.4) is 0 Å². The summed E-state index contributed by atoms with van der Waals surface area (Å²) in [4.78, 5) is 50.8. The van der Waals surface area contributed by atoms with Gasteiger partial charge in [0.2, 0.25) is 0 Å². The number of fused-ring (bicyclic) bond motifs is 1. The molecule has 1 aromatic carbocycles. The molecule has 2 aliphatic rings. The zero-order valence-electron chi connectivity index (χ0n) is 20.8. The predicted molar refractivity (Wildman–Crippen MR) is 135 cm³/mol. The van der Waals surface area contributed by atoms with Gasteiger partial charge in [-0.25, -0.2) is 9.36 Å². The first kappa shape index (κ1) is 28.4. The predicted octanol–water partition coefficient (Wildman–Crippen LogP) is 3.63. The SMILES string of the molecule is C/C1=C\C(=N/OCC(=O)N2CCCCC2)Cc2cc(OP(=O)(O)O)cc(O)c2C(=O)OCC/C=C/CC1. The number of esters is 1. The van der Waals surface area contributed by atoms with Gasteiger partial charge in [-0.2, -0.15) is 0 Å². The zero-order valence-corrected chi connectivity index (χ0v) is 21.7. The average molecular weight is 537 g/mol. The van der Waals surface area contributed by atoms with Crippen LogP contribution in [0, 0.1) is 0 Å². The monoisotopic (exact) mass is 536 g/mol. The molecule has 0 unspecified atom stereocenters. The fourth-order valence-corrected chi connectivity index (χ4v) is 4.51. The van der Waals surface area contributed by atoms with Gasteiger partial charge in [0.15, 0.2) is 6.61 Å². The van der Waals surface area contributed by atoms with Gasteiger partial charge in [-0.15, -0.1) is 0 Å². The molecule has 37 heavy (non-hydrogen) atoms. The Hall–Kier alpha value is -3.14. The van der Waals surface area contributed by atoms with Crippen molar-refractivity contribution < 1.29 is 43.1 Å². The Morgan fingerprint density at radius 1 is 1.16 bits per heavy atom. The van der Waals surface area contributed by atoms with E-state index in [1.807, 2.05) is 19.1 Å². The largest absolute Gasteiger partial charge is 0.524 e. The van der Waals surface area contributed by atoms with Gasteiger partial charge >= 0.3 is 13.8 Å². The first-order chi connectivity index (χ1) is 17.6. The van der Waals surface area contributed by atoms with Gasteiger partial charge < -0.3 is 24.1 Å². The van der Waals surface area contributed by atoms with Crippen LogP contribution >= 0.6 is 7.82 Å². The van der Waals surface area contributed by atoms with Crippen LogP contribution in [-0.2, 0) is 25.4 Å². The molecule has 202 valence electrons. The minimum Gasteiger partial charge on any atom is -0.507 e. The lowest BCUT2D eigenvalue weighted by Gasteiger charge is -2.26. The molecule has 0 bridgehead atoms. The van der Waals surface area contributed by atoms with E-state index in [9.17, 15) is 29.0 Å². The van der Waals surface area contributed by atoms with Gasteiger partial charge in [0.25, 0.3) is 5.91 Å². The summed E-state index contributed by atoms with van der Waals surface area (Å²) in [7, 11) is -4.93. The Morgan fingerprint density at radius 3 is 2.62 bits per heavy atom. The summed E-state index contributed by atoms with van der Waals surface area (Å²) in [6.45, 7) is 3.12. The molecule has 1 saturated heterocycles. The number of aromatic hydroxyl groups is 1. The number of nitrogens with zero attached hydrogens (tertiary/aromatic N) is 2. The number of phosphoric ester groups is 1. The fourth-order valence-electron chi connectivity index (χ4n) is 4.13. The molecule has 2 heterocycles. The van der Waals surface area contributed by atoms with E-state index in [2.05, 4.69) is 9.68 Å². The smallest absolute Gasteiger partial charge is 0.507 e. The second-order valence-corrected chi connectivity index (χ2v) is 10.1. The van der Waals surface area contributed by atoms with Crippen LogP contribution in [0.5, 0.6) is 11.5 Å². The van der Waals surface area contributed by atoms with E-state index in [0.29, 0.717) is 25.2 Å². The van der Waals surface area contributed by atoms with Gasteiger partial charge in [-0.1, -0.05) is 22.9 Å². The second-order valence-electron chi connectivity index (χ2n) is 8.96. The first-order valence-electron chi connectivity index (χ1n) is 12.2. The standard InChI is InChI=1S/C25H33N2O9P/c1-18-9-5-2-3-8-12-34-25(30)24-19(15-21(16-22(24)28)36-37(31,32)33)14-20(13-18)26-35-17-23(29)27-10-6-4-7-11-27/h2-3,13,15-16,28H,4-12,14,17H2,1H3,(H2,31,32,33)/b3-2+,18-13+,26-20+. The quantitative estimate of drug-likeness (QED) is 0.221. The van der Waals surface area contributed by atoms with Crippen molar-refractivity contribution in [2.45, 2.75) is 51.9 Å². The maximum absolute atomic E-state index is 12.8. The molecule has 0 aromatic heterocycles. The summed E-state index contributed by atoms with van der Waals surface area (Å²) in [6, 6.07) is 2.17. The number of cyclic esters (lactones) is 1.